The maximum atomic E-state index is 11.3. The highest BCUT2D eigenvalue weighted by molar-refractivity contribution is 7.11. The molecule has 1 aliphatic rings. The van der Waals surface area contributed by atoms with E-state index in [-0.39, 0.29) is 11.4 Å². The fourth-order valence-corrected chi connectivity index (χ4v) is 3.95. The summed E-state index contributed by atoms with van der Waals surface area (Å²) < 4.78 is 1.49. The number of carbonyl (C=O) groups excluding carboxylic acids is 1. The van der Waals surface area contributed by atoms with Crippen molar-refractivity contribution in [1.82, 2.24) is 4.57 Å². The van der Waals surface area contributed by atoms with Gasteiger partial charge < -0.3 is 15.4 Å². The van der Waals surface area contributed by atoms with E-state index < -0.39 is 11.9 Å². The first-order valence-electron chi connectivity index (χ1n) is 8.31. The third-order valence-corrected chi connectivity index (χ3v) is 5.43. The van der Waals surface area contributed by atoms with Gasteiger partial charge in [-0.3, -0.25) is 4.79 Å². The second kappa shape index (κ2) is 6.42. The highest BCUT2D eigenvalue weighted by atomic mass is 32.1. The van der Waals surface area contributed by atoms with E-state index in [1.807, 2.05) is 24.3 Å². The number of amides is 1. The molecule has 3 N–H and O–H groups in total. The summed E-state index contributed by atoms with van der Waals surface area (Å²) in [5.41, 5.74) is 7.37. The van der Waals surface area contributed by atoms with E-state index in [0.717, 1.165) is 22.4 Å². The number of rotatable bonds is 5. The van der Waals surface area contributed by atoms with Gasteiger partial charge in [0.25, 0.3) is 0 Å². The number of carbonyl (C=O) groups is 2. The summed E-state index contributed by atoms with van der Waals surface area (Å²) in [5, 5.41) is 11.4. The maximum Gasteiger partial charge on any atom is 0.347 e. The summed E-state index contributed by atoms with van der Waals surface area (Å²) in [4.78, 5) is 27.8. The third kappa shape index (κ3) is 3.13. The second-order valence-electron chi connectivity index (χ2n) is 6.38. The first-order valence-corrected chi connectivity index (χ1v) is 9.13. The predicted molar refractivity (Wildman–Crippen MR) is 99.6 cm³/mol. The third-order valence-electron chi connectivity index (χ3n) is 4.43. The topological polar surface area (TPSA) is 97.7 Å². The monoisotopic (exact) mass is 367 g/mol. The molecule has 0 saturated heterocycles. The van der Waals surface area contributed by atoms with Gasteiger partial charge in [-0.25, -0.2) is 9.79 Å². The minimum atomic E-state index is -1.05. The van der Waals surface area contributed by atoms with Crippen molar-refractivity contribution in [3.8, 4) is 0 Å². The Kier molecular flexibility index (Phi) is 4.08. The number of nitrogens with zero attached hydrogens (tertiary/aromatic N) is 2. The number of primary amides is 1. The Bertz CT molecular complexity index is 1090. The molecule has 0 spiro atoms. The molecule has 0 unspecified atom stereocenters. The average Bonchev–Trinajstić information content (AvgIpc) is 3.37. The zero-order chi connectivity index (χ0) is 18.3. The zero-order valence-corrected chi connectivity index (χ0v) is 14.7. The molecule has 7 heteroatoms. The average molecular weight is 367 g/mol. The van der Waals surface area contributed by atoms with Crippen LogP contribution < -0.4 is 10.5 Å². The number of benzene rings is 2. The molecule has 4 rings (SSSR count). The first kappa shape index (κ1) is 16.5. The fraction of sp³-hybridized carbons (Fsp3) is 0.211. The van der Waals surface area contributed by atoms with Crippen LogP contribution in [0.3, 0.4) is 0 Å². The van der Waals surface area contributed by atoms with E-state index in [2.05, 4.69) is 17.1 Å². The van der Waals surface area contributed by atoms with Gasteiger partial charge in [0.1, 0.15) is 11.4 Å². The Morgan fingerprint density at radius 2 is 1.92 bits per heavy atom. The van der Waals surface area contributed by atoms with Crippen LogP contribution >= 0.6 is 11.3 Å². The van der Waals surface area contributed by atoms with Crippen LogP contribution in [0.25, 0.3) is 10.8 Å². The predicted octanol–water partition coefficient (Wildman–Crippen LogP) is 3.00. The Balaban J connectivity index is 1.90. The van der Waals surface area contributed by atoms with E-state index in [1.54, 1.807) is 0 Å². The van der Waals surface area contributed by atoms with Crippen molar-refractivity contribution in [3.05, 3.63) is 57.8 Å². The van der Waals surface area contributed by atoms with Crippen LogP contribution in [-0.2, 0) is 11.3 Å². The van der Waals surface area contributed by atoms with E-state index in [0.29, 0.717) is 10.7 Å². The van der Waals surface area contributed by atoms with Gasteiger partial charge >= 0.3 is 5.97 Å². The summed E-state index contributed by atoms with van der Waals surface area (Å²) in [7, 11) is 0. The number of carboxylic acids is 1. The molecule has 1 aromatic heterocycles. The molecule has 26 heavy (non-hydrogen) atoms. The molecule has 6 nitrogen and oxygen atoms in total. The van der Waals surface area contributed by atoms with Gasteiger partial charge in [0.15, 0.2) is 4.80 Å². The molecule has 0 radical (unpaired) electrons. The number of hydrogen-bond acceptors (Lipinski definition) is 4. The van der Waals surface area contributed by atoms with Crippen LogP contribution in [0.2, 0.25) is 0 Å². The van der Waals surface area contributed by atoms with Gasteiger partial charge in [0.05, 0.1) is 5.69 Å². The number of aromatic carboxylic acids is 1. The van der Waals surface area contributed by atoms with Crippen molar-refractivity contribution in [2.24, 2.45) is 10.7 Å². The molecule has 1 saturated carbocycles. The van der Waals surface area contributed by atoms with Gasteiger partial charge in [0.2, 0.25) is 5.91 Å². The summed E-state index contributed by atoms with van der Waals surface area (Å²) in [5.74, 6) is -0.979. The van der Waals surface area contributed by atoms with Crippen molar-refractivity contribution in [3.63, 3.8) is 0 Å². The van der Waals surface area contributed by atoms with Crippen LogP contribution in [0.1, 0.15) is 34.0 Å². The zero-order valence-electron chi connectivity index (χ0n) is 13.9. The minimum absolute atomic E-state index is 0.110. The number of aromatic nitrogens is 1. The van der Waals surface area contributed by atoms with E-state index in [4.69, 9.17) is 5.73 Å². The summed E-state index contributed by atoms with van der Waals surface area (Å²) >= 11 is 1.02. The SMILES string of the molecule is NC(=O)Cn1cc(C(=O)O)s/c1=N\c1ccc(C2CC2)c2ccccc12. The lowest BCUT2D eigenvalue weighted by atomic mass is 10.00. The van der Waals surface area contributed by atoms with E-state index >= 15 is 0 Å². The van der Waals surface area contributed by atoms with Gasteiger partial charge in [-0.15, -0.1) is 0 Å². The van der Waals surface area contributed by atoms with E-state index in [1.165, 1.54) is 34.6 Å². The van der Waals surface area contributed by atoms with Crippen molar-refractivity contribution in [1.29, 1.82) is 0 Å². The lowest BCUT2D eigenvalue weighted by Crippen LogP contribution is -2.24. The molecule has 1 heterocycles. The van der Waals surface area contributed by atoms with Gasteiger partial charge in [-0.05, 0) is 35.8 Å². The molecule has 2 aromatic carbocycles. The Morgan fingerprint density at radius 1 is 1.19 bits per heavy atom. The fourth-order valence-electron chi connectivity index (χ4n) is 3.10. The normalized spacial score (nSPS) is 14.7. The number of hydrogen-bond donors (Lipinski definition) is 2. The molecule has 0 bridgehead atoms. The number of nitrogens with two attached hydrogens (primary N) is 1. The molecule has 132 valence electrons. The van der Waals surface area contributed by atoms with Crippen molar-refractivity contribution < 1.29 is 14.7 Å². The summed E-state index contributed by atoms with van der Waals surface area (Å²) in [6.45, 7) is -0.110. The second-order valence-corrected chi connectivity index (χ2v) is 7.39. The maximum absolute atomic E-state index is 11.3. The molecule has 0 atom stereocenters. The highest BCUT2D eigenvalue weighted by Gasteiger charge is 2.25. The van der Waals surface area contributed by atoms with Crippen LogP contribution in [0.5, 0.6) is 0 Å². The Labute approximate surface area is 153 Å². The molecule has 1 amide bonds. The largest absolute Gasteiger partial charge is 0.477 e. The molecule has 1 fully saturated rings. The van der Waals surface area contributed by atoms with Gasteiger partial charge in [-0.1, -0.05) is 41.7 Å². The van der Waals surface area contributed by atoms with Gasteiger partial charge in [0, 0.05) is 11.6 Å². The molecule has 3 aromatic rings. The number of fused-ring (bicyclic) bond motifs is 1. The van der Waals surface area contributed by atoms with Crippen LogP contribution in [0, 0.1) is 0 Å². The van der Waals surface area contributed by atoms with E-state index in [9.17, 15) is 14.7 Å². The van der Waals surface area contributed by atoms with Crippen molar-refractivity contribution in [2.75, 3.05) is 0 Å². The molecule has 0 aliphatic heterocycles. The lowest BCUT2D eigenvalue weighted by molar-refractivity contribution is -0.118. The smallest absolute Gasteiger partial charge is 0.347 e. The van der Waals surface area contributed by atoms with Crippen LogP contribution in [0.15, 0.2) is 47.6 Å². The highest BCUT2D eigenvalue weighted by Crippen LogP contribution is 2.44. The number of carboxylic acid groups (broad SMARTS) is 1. The summed E-state index contributed by atoms with van der Waals surface area (Å²) in [6.07, 6.45) is 3.83. The minimum Gasteiger partial charge on any atom is -0.477 e. The number of thiazole rings is 1. The van der Waals surface area contributed by atoms with Crippen molar-refractivity contribution >= 4 is 39.7 Å². The summed E-state index contributed by atoms with van der Waals surface area (Å²) in [6, 6.07) is 12.2. The van der Waals surface area contributed by atoms with Crippen LogP contribution in [0.4, 0.5) is 5.69 Å². The lowest BCUT2D eigenvalue weighted by Gasteiger charge is -2.08. The Hall–Kier alpha value is -2.93. The standard InChI is InChI=1S/C19H17N3O3S/c20-17(23)10-22-9-16(18(24)25)26-19(22)21-15-8-7-12(11-5-6-11)13-3-1-2-4-14(13)15/h1-4,7-9,11H,5-6,10H2,(H2,20,23)(H,24,25)/b21-19-. The molecular weight excluding hydrogens is 350 g/mol. The molecular formula is C19H17N3O3S. The quantitative estimate of drug-likeness (QED) is 0.725. The molecule has 1 aliphatic carbocycles. The first-order chi connectivity index (χ1) is 12.5. The Morgan fingerprint density at radius 3 is 2.58 bits per heavy atom. The van der Waals surface area contributed by atoms with Gasteiger partial charge in [-0.2, -0.15) is 0 Å². The van der Waals surface area contributed by atoms with Crippen LogP contribution in [-0.4, -0.2) is 21.6 Å². The van der Waals surface area contributed by atoms with Crippen molar-refractivity contribution in [2.45, 2.75) is 25.3 Å².